The highest BCUT2D eigenvalue weighted by atomic mass is 35.5. The molecule has 2 atom stereocenters. The number of carbonyl (C=O) groups excluding carboxylic acids is 1. The van der Waals surface area contributed by atoms with Crippen molar-refractivity contribution in [2.45, 2.75) is 18.9 Å². The fourth-order valence-corrected chi connectivity index (χ4v) is 2.67. The number of rotatable bonds is 7. The Morgan fingerprint density at radius 2 is 2.09 bits per heavy atom. The lowest BCUT2D eigenvalue weighted by Gasteiger charge is -2.19. The zero-order chi connectivity index (χ0) is 15.1. The molecule has 1 aliphatic rings. The highest BCUT2D eigenvalue weighted by Gasteiger charge is 2.23. The number of nitrogens with one attached hydrogen (secondary N) is 1. The van der Waals surface area contributed by atoms with Gasteiger partial charge in [-0.25, -0.2) is 0 Å². The molecule has 23 heavy (non-hydrogen) atoms. The van der Waals surface area contributed by atoms with Gasteiger partial charge in [-0.15, -0.1) is 24.8 Å². The Labute approximate surface area is 150 Å². The number of anilines is 1. The number of hydrogen-bond acceptors (Lipinski definition) is 4. The molecule has 0 aromatic heterocycles. The van der Waals surface area contributed by atoms with Crippen molar-refractivity contribution in [3.63, 3.8) is 0 Å². The number of methoxy groups -OCH3 is 1. The fraction of sp³-hybridized carbons (Fsp3) is 0.562. The Balaban J connectivity index is 0.00000242. The number of ether oxygens (including phenoxy) is 1. The number of carbonyl (C=O) groups is 1. The Kier molecular flexibility index (Phi) is 11.0. The van der Waals surface area contributed by atoms with Crippen LogP contribution in [0.4, 0.5) is 5.69 Å². The van der Waals surface area contributed by atoms with Crippen molar-refractivity contribution >= 4 is 36.4 Å². The van der Waals surface area contributed by atoms with Crippen molar-refractivity contribution in [3.8, 4) is 0 Å². The van der Waals surface area contributed by atoms with Crippen molar-refractivity contribution < 1.29 is 9.53 Å². The molecule has 1 fully saturated rings. The second-order valence-electron chi connectivity index (χ2n) is 5.54. The van der Waals surface area contributed by atoms with Crippen molar-refractivity contribution in [1.82, 2.24) is 5.32 Å². The van der Waals surface area contributed by atoms with E-state index in [1.54, 1.807) is 7.11 Å². The van der Waals surface area contributed by atoms with Gasteiger partial charge in [-0.2, -0.15) is 0 Å². The normalized spacial score (nSPS) is 17.8. The van der Waals surface area contributed by atoms with Crippen molar-refractivity contribution in [2.24, 2.45) is 11.7 Å². The van der Waals surface area contributed by atoms with E-state index in [2.05, 4.69) is 34.5 Å². The molecule has 1 amide bonds. The van der Waals surface area contributed by atoms with E-state index in [4.69, 9.17) is 10.5 Å². The number of para-hydroxylation sites is 1. The summed E-state index contributed by atoms with van der Waals surface area (Å²) in [6, 6.07) is 10.4. The highest BCUT2D eigenvalue weighted by Crippen LogP contribution is 2.22. The Hall–Kier alpha value is -1.01. The average Bonchev–Trinajstić information content (AvgIpc) is 3.00. The molecule has 7 heteroatoms. The lowest BCUT2D eigenvalue weighted by molar-refractivity contribution is -0.123. The molecule has 2 rings (SSSR count). The van der Waals surface area contributed by atoms with E-state index in [1.165, 1.54) is 5.69 Å². The van der Waals surface area contributed by atoms with Crippen molar-refractivity contribution in [3.05, 3.63) is 30.3 Å². The van der Waals surface area contributed by atoms with Gasteiger partial charge in [0.15, 0.2) is 0 Å². The summed E-state index contributed by atoms with van der Waals surface area (Å²) in [4.78, 5) is 14.2. The molecule has 1 aliphatic heterocycles. The quantitative estimate of drug-likeness (QED) is 0.775. The minimum absolute atomic E-state index is 0. The molecule has 1 aromatic carbocycles. The maximum atomic E-state index is 11.8. The Morgan fingerprint density at radius 1 is 1.39 bits per heavy atom. The molecule has 0 bridgehead atoms. The van der Waals surface area contributed by atoms with Crippen LogP contribution in [0.5, 0.6) is 0 Å². The van der Waals surface area contributed by atoms with Gasteiger partial charge >= 0.3 is 0 Å². The third-order valence-corrected chi connectivity index (χ3v) is 4.00. The van der Waals surface area contributed by atoms with E-state index in [1.807, 2.05) is 6.07 Å². The van der Waals surface area contributed by atoms with Gasteiger partial charge in [0.2, 0.25) is 5.91 Å². The van der Waals surface area contributed by atoms with Crippen molar-refractivity contribution in [1.29, 1.82) is 0 Å². The first-order valence-electron chi connectivity index (χ1n) is 7.52. The third-order valence-electron chi connectivity index (χ3n) is 4.00. The van der Waals surface area contributed by atoms with Gasteiger partial charge in [-0.3, -0.25) is 4.79 Å². The molecule has 5 nitrogen and oxygen atoms in total. The SMILES string of the molecule is COC(CN)CC(=O)NCC1CCN(c2ccccc2)C1.Cl.Cl. The number of benzene rings is 1. The summed E-state index contributed by atoms with van der Waals surface area (Å²) in [6.07, 6.45) is 1.26. The average molecular weight is 364 g/mol. The molecule has 1 saturated heterocycles. The van der Waals surface area contributed by atoms with Crippen LogP contribution in [-0.4, -0.2) is 45.3 Å². The van der Waals surface area contributed by atoms with Gasteiger partial charge < -0.3 is 20.7 Å². The van der Waals surface area contributed by atoms with Crippen LogP contribution in [0, 0.1) is 5.92 Å². The molecule has 1 aromatic rings. The van der Waals surface area contributed by atoms with Crippen LogP contribution in [0.3, 0.4) is 0 Å². The summed E-state index contributed by atoms with van der Waals surface area (Å²) < 4.78 is 5.12. The first kappa shape index (κ1) is 22.0. The van der Waals surface area contributed by atoms with E-state index >= 15 is 0 Å². The number of hydrogen-bond donors (Lipinski definition) is 2. The largest absolute Gasteiger partial charge is 0.380 e. The van der Waals surface area contributed by atoms with E-state index in [-0.39, 0.29) is 36.8 Å². The first-order valence-corrected chi connectivity index (χ1v) is 7.52. The molecular formula is C16H27Cl2N3O2. The minimum atomic E-state index is -0.186. The van der Waals surface area contributed by atoms with Gasteiger partial charge in [-0.05, 0) is 24.5 Å². The van der Waals surface area contributed by atoms with Crippen LogP contribution in [0.1, 0.15) is 12.8 Å². The molecule has 0 spiro atoms. The fourth-order valence-electron chi connectivity index (χ4n) is 2.67. The topological polar surface area (TPSA) is 67.6 Å². The van der Waals surface area contributed by atoms with E-state index in [0.29, 0.717) is 18.9 Å². The molecule has 0 saturated carbocycles. The summed E-state index contributed by atoms with van der Waals surface area (Å²) >= 11 is 0. The van der Waals surface area contributed by atoms with E-state index < -0.39 is 0 Å². The predicted molar refractivity (Wildman–Crippen MR) is 98.7 cm³/mol. The Bertz CT molecular complexity index is 444. The van der Waals surface area contributed by atoms with E-state index in [9.17, 15) is 4.79 Å². The van der Waals surface area contributed by atoms with Crippen LogP contribution >= 0.6 is 24.8 Å². The zero-order valence-corrected chi connectivity index (χ0v) is 15.1. The maximum Gasteiger partial charge on any atom is 0.222 e. The molecule has 132 valence electrons. The molecule has 0 radical (unpaired) electrons. The van der Waals surface area contributed by atoms with Gasteiger partial charge in [0.25, 0.3) is 0 Å². The maximum absolute atomic E-state index is 11.8. The summed E-state index contributed by atoms with van der Waals surface area (Å²) in [7, 11) is 1.58. The molecular weight excluding hydrogens is 337 g/mol. The monoisotopic (exact) mass is 363 g/mol. The lowest BCUT2D eigenvalue weighted by Crippen LogP contribution is -2.35. The molecule has 3 N–H and O–H groups in total. The number of halogens is 2. The van der Waals surface area contributed by atoms with Crippen molar-refractivity contribution in [2.75, 3.05) is 38.2 Å². The highest BCUT2D eigenvalue weighted by molar-refractivity contribution is 5.85. The Morgan fingerprint density at radius 3 is 2.70 bits per heavy atom. The molecule has 0 aliphatic carbocycles. The third kappa shape index (κ3) is 6.96. The van der Waals surface area contributed by atoms with Crippen LogP contribution in [-0.2, 0) is 9.53 Å². The molecule has 1 heterocycles. The van der Waals surface area contributed by atoms with Crippen LogP contribution in [0.25, 0.3) is 0 Å². The summed E-state index contributed by atoms with van der Waals surface area (Å²) in [5.74, 6) is 0.526. The molecule has 2 unspecified atom stereocenters. The number of amides is 1. The summed E-state index contributed by atoms with van der Waals surface area (Å²) in [5.41, 5.74) is 6.78. The van der Waals surface area contributed by atoms with Crippen LogP contribution in [0.15, 0.2) is 30.3 Å². The van der Waals surface area contributed by atoms with Crippen LogP contribution in [0.2, 0.25) is 0 Å². The standard InChI is InChI=1S/C16H25N3O2.2ClH/c1-21-15(10-17)9-16(20)18-11-13-7-8-19(12-13)14-5-3-2-4-6-14;;/h2-6,13,15H,7-12,17H2,1H3,(H,18,20);2*1H. The predicted octanol–water partition coefficient (Wildman–Crippen LogP) is 1.84. The number of nitrogens with zero attached hydrogens (tertiary/aromatic N) is 1. The van der Waals surface area contributed by atoms with E-state index in [0.717, 1.165) is 26.1 Å². The lowest BCUT2D eigenvalue weighted by atomic mass is 10.1. The minimum Gasteiger partial charge on any atom is -0.380 e. The summed E-state index contributed by atoms with van der Waals surface area (Å²) in [6.45, 7) is 3.14. The van der Waals surface area contributed by atoms with Gasteiger partial charge in [0.1, 0.15) is 0 Å². The van der Waals surface area contributed by atoms with Crippen LogP contribution < -0.4 is 16.0 Å². The smallest absolute Gasteiger partial charge is 0.222 e. The second kappa shape index (κ2) is 11.5. The zero-order valence-electron chi connectivity index (χ0n) is 13.4. The number of nitrogens with two attached hydrogens (primary N) is 1. The summed E-state index contributed by atoms with van der Waals surface area (Å²) in [5, 5.41) is 2.99. The second-order valence-corrected chi connectivity index (χ2v) is 5.54. The van der Waals surface area contributed by atoms with Gasteiger partial charge in [0, 0.05) is 39.0 Å². The van der Waals surface area contributed by atoms with Gasteiger partial charge in [-0.1, -0.05) is 18.2 Å². The first-order chi connectivity index (χ1) is 10.2. The van der Waals surface area contributed by atoms with Gasteiger partial charge in [0.05, 0.1) is 12.5 Å².